The Balaban J connectivity index is 1.99. The number of hydrogen-bond acceptors (Lipinski definition) is 3. The maximum absolute atomic E-state index is 4.04. The molecule has 3 nitrogen and oxygen atoms in total. The highest BCUT2D eigenvalue weighted by Crippen LogP contribution is 2.18. The van der Waals surface area contributed by atoms with Crippen LogP contribution in [0.3, 0.4) is 0 Å². The highest BCUT2D eigenvalue weighted by molar-refractivity contribution is 5.61. The quantitative estimate of drug-likeness (QED) is 0.862. The highest BCUT2D eigenvalue weighted by atomic mass is 14.9. The van der Waals surface area contributed by atoms with Crippen molar-refractivity contribution in [1.29, 1.82) is 0 Å². The molecule has 2 rings (SSSR count). The first-order valence-corrected chi connectivity index (χ1v) is 6.87. The Hall–Kier alpha value is -1.74. The average Bonchev–Trinajstić information content (AvgIpc) is 2.47. The molecule has 19 heavy (non-hydrogen) atoms. The summed E-state index contributed by atoms with van der Waals surface area (Å²) in [6.45, 7) is 5.51. The average molecular weight is 255 g/mol. The Labute approximate surface area is 115 Å². The van der Waals surface area contributed by atoms with Crippen LogP contribution in [-0.4, -0.2) is 22.6 Å². The lowest BCUT2D eigenvalue weighted by Gasteiger charge is -2.13. The Morgan fingerprint density at radius 3 is 2.37 bits per heavy atom. The first kappa shape index (κ1) is 13.7. The molecular weight excluding hydrogens is 234 g/mol. The van der Waals surface area contributed by atoms with Gasteiger partial charge in [-0.05, 0) is 37.4 Å². The van der Waals surface area contributed by atoms with Crippen molar-refractivity contribution in [3.05, 3.63) is 48.5 Å². The van der Waals surface area contributed by atoms with Gasteiger partial charge in [0.15, 0.2) is 0 Å². The first-order chi connectivity index (χ1) is 9.29. The number of hydrogen-bond donors (Lipinski definition) is 1. The molecule has 0 amide bonds. The zero-order valence-corrected chi connectivity index (χ0v) is 11.6. The second-order valence-corrected chi connectivity index (χ2v) is 4.88. The van der Waals surface area contributed by atoms with Crippen molar-refractivity contribution in [2.75, 3.05) is 6.54 Å². The topological polar surface area (TPSA) is 37.8 Å². The molecule has 0 aliphatic heterocycles. The van der Waals surface area contributed by atoms with Crippen LogP contribution in [0.1, 0.15) is 25.8 Å². The summed E-state index contributed by atoms with van der Waals surface area (Å²) in [5.41, 5.74) is 3.58. The molecule has 0 saturated heterocycles. The van der Waals surface area contributed by atoms with Crippen molar-refractivity contribution < 1.29 is 0 Å². The molecule has 0 bridgehead atoms. The third-order valence-corrected chi connectivity index (χ3v) is 3.13. The van der Waals surface area contributed by atoms with Crippen molar-refractivity contribution in [1.82, 2.24) is 15.3 Å². The van der Waals surface area contributed by atoms with E-state index in [0.29, 0.717) is 6.04 Å². The van der Waals surface area contributed by atoms with Crippen molar-refractivity contribution in [2.45, 2.75) is 32.7 Å². The minimum atomic E-state index is 0.519. The van der Waals surface area contributed by atoms with Gasteiger partial charge in [-0.3, -0.25) is 0 Å². The molecule has 3 heteroatoms. The molecule has 100 valence electrons. The molecule has 1 N–H and O–H groups in total. The fourth-order valence-corrected chi connectivity index (χ4v) is 2.10. The van der Waals surface area contributed by atoms with Gasteiger partial charge >= 0.3 is 0 Å². The van der Waals surface area contributed by atoms with E-state index in [1.807, 2.05) is 12.4 Å². The van der Waals surface area contributed by atoms with Crippen LogP contribution in [0.25, 0.3) is 11.1 Å². The lowest BCUT2D eigenvalue weighted by Crippen LogP contribution is -2.28. The second kappa shape index (κ2) is 7.00. The predicted molar refractivity (Wildman–Crippen MR) is 78.9 cm³/mol. The van der Waals surface area contributed by atoms with Gasteiger partial charge in [0.25, 0.3) is 0 Å². The third-order valence-electron chi connectivity index (χ3n) is 3.13. The molecule has 0 radical (unpaired) electrons. The van der Waals surface area contributed by atoms with Gasteiger partial charge in [0, 0.05) is 24.0 Å². The number of nitrogens with zero attached hydrogens (tertiary/aromatic N) is 2. The SMILES string of the molecule is CCCNC(C)Cc1ccc(-c2cncnc2)cc1. The third kappa shape index (κ3) is 4.14. The zero-order chi connectivity index (χ0) is 13.5. The van der Waals surface area contributed by atoms with Crippen molar-refractivity contribution in [3.8, 4) is 11.1 Å². The van der Waals surface area contributed by atoms with E-state index in [4.69, 9.17) is 0 Å². The largest absolute Gasteiger partial charge is 0.314 e. The number of aromatic nitrogens is 2. The summed E-state index contributed by atoms with van der Waals surface area (Å²) in [4.78, 5) is 8.09. The van der Waals surface area contributed by atoms with Crippen LogP contribution in [0, 0.1) is 0 Å². The minimum absolute atomic E-state index is 0.519. The van der Waals surface area contributed by atoms with Crippen LogP contribution >= 0.6 is 0 Å². The normalized spacial score (nSPS) is 12.3. The molecule has 2 aromatic rings. The van der Waals surface area contributed by atoms with E-state index in [2.05, 4.69) is 53.4 Å². The minimum Gasteiger partial charge on any atom is -0.314 e. The first-order valence-electron chi connectivity index (χ1n) is 6.87. The molecule has 0 aliphatic rings. The van der Waals surface area contributed by atoms with Crippen molar-refractivity contribution in [3.63, 3.8) is 0 Å². The van der Waals surface area contributed by atoms with Crippen LogP contribution in [0.4, 0.5) is 0 Å². The lowest BCUT2D eigenvalue weighted by molar-refractivity contribution is 0.543. The molecule has 1 unspecified atom stereocenters. The van der Waals surface area contributed by atoms with E-state index < -0.39 is 0 Å². The summed E-state index contributed by atoms with van der Waals surface area (Å²) in [7, 11) is 0. The standard InChI is InChI=1S/C16H21N3/c1-3-8-19-13(2)9-14-4-6-15(7-5-14)16-10-17-12-18-11-16/h4-7,10-13,19H,3,8-9H2,1-2H3. The Bertz CT molecular complexity index is 479. The van der Waals surface area contributed by atoms with Gasteiger partial charge < -0.3 is 5.32 Å². The molecule has 0 fully saturated rings. The lowest BCUT2D eigenvalue weighted by atomic mass is 10.0. The molecule has 1 aromatic carbocycles. The van der Waals surface area contributed by atoms with Crippen LogP contribution in [-0.2, 0) is 6.42 Å². The van der Waals surface area contributed by atoms with Gasteiger partial charge in [0.05, 0.1) is 0 Å². The number of nitrogens with one attached hydrogen (secondary N) is 1. The summed E-state index contributed by atoms with van der Waals surface area (Å²) in [6, 6.07) is 9.17. The van der Waals surface area contributed by atoms with Gasteiger partial charge in [-0.25, -0.2) is 9.97 Å². The Morgan fingerprint density at radius 2 is 1.74 bits per heavy atom. The van der Waals surface area contributed by atoms with Crippen LogP contribution in [0.2, 0.25) is 0 Å². The smallest absolute Gasteiger partial charge is 0.115 e. The van der Waals surface area contributed by atoms with E-state index in [1.165, 1.54) is 17.5 Å². The monoisotopic (exact) mass is 255 g/mol. The summed E-state index contributed by atoms with van der Waals surface area (Å²) in [5.74, 6) is 0. The van der Waals surface area contributed by atoms with Crippen LogP contribution in [0.5, 0.6) is 0 Å². The second-order valence-electron chi connectivity index (χ2n) is 4.88. The van der Waals surface area contributed by atoms with Gasteiger partial charge in [-0.2, -0.15) is 0 Å². The molecule has 1 atom stereocenters. The Kier molecular flexibility index (Phi) is 5.04. The van der Waals surface area contributed by atoms with Gasteiger partial charge in [-0.15, -0.1) is 0 Å². The fraction of sp³-hybridized carbons (Fsp3) is 0.375. The van der Waals surface area contributed by atoms with Gasteiger partial charge in [-0.1, -0.05) is 31.2 Å². The zero-order valence-electron chi connectivity index (χ0n) is 11.6. The van der Waals surface area contributed by atoms with E-state index >= 15 is 0 Å². The maximum atomic E-state index is 4.04. The summed E-state index contributed by atoms with van der Waals surface area (Å²) in [5, 5.41) is 3.51. The van der Waals surface area contributed by atoms with Crippen LogP contribution < -0.4 is 5.32 Å². The molecule has 1 aromatic heterocycles. The molecule has 1 heterocycles. The van der Waals surface area contributed by atoms with E-state index in [1.54, 1.807) is 6.33 Å². The summed E-state index contributed by atoms with van der Waals surface area (Å²) >= 11 is 0. The van der Waals surface area contributed by atoms with E-state index in [-0.39, 0.29) is 0 Å². The Morgan fingerprint density at radius 1 is 1.05 bits per heavy atom. The van der Waals surface area contributed by atoms with Crippen molar-refractivity contribution >= 4 is 0 Å². The van der Waals surface area contributed by atoms with Crippen LogP contribution in [0.15, 0.2) is 43.0 Å². The van der Waals surface area contributed by atoms with Gasteiger partial charge in [0.2, 0.25) is 0 Å². The summed E-state index contributed by atoms with van der Waals surface area (Å²) in [6.07, 6.45) is 7.47. The van der Waals surface area contributed by atoms with Crippen molar-refractivity contribution in [2.24, 2.45) is 0 Å². The maximum Gasteiger partial charge on any atom is 0.115 e. The predicted octanol–water partition coefficient (Wildman–Crippen LogP) is 3.07. The highest BCUT2D eigenvalue weighted by Gasteiger charge is 2.03. The van der Waals surface area contributed by atoms with E-state index in [9.17, 15) is 0 Å². The molecule has 0 spiro atoms. The number of rotatable bonds is 6. The molecular formula is C16H21N3. The molecule has 0 aliphatic carbocycles. The summed E-state index contributed by atoms with van der Waals surface area (Å²) < 4.78 is 0. The van der Waals surface area contributed by atoms with Gasteiger partial charge in [0.1, 0.15) is 6.33 Å². The fourth-order valence-electron chi connectivity index (χ4n) is 2.10. The molecule has 0 saturated carbocycles. The van der Waals surface area contributed by atoms with E-state index in [0.717, 1.165) is 18.5 Å². The number of benzene rings is 1.